The number of hydrogen-bond acceptors (Lipinski definition) is 3. The van der Waals surface area contributed by atoms with Gasteiger partial charge in [-0.2, -0.15) is 0 Å². The summed E-state index contributed by atoms with van der Waals surface area (Å²) in [5.74, 6) is -0.0725. The molecule has 59 heavy (non-hydrogen) atoms. The average molecular weight is 828 g/mol. The molecule has 0 saturated heterocycles. The molecule has 2 atom stereocenters. The Bertz CT molecular complexity index is 897. The first kappa shape index (κ1) is 57.6. The largest absolute Gasteiger partial charge is 0.394 e. The van der Waals surface area contributed by atoms with E-state index in [9.17, 15) is 15.0 Å². The number of amides is 1. The predicted molar refractivity (Wildman–Crippen MR) is 262 cm³/mol. The Morgan fingerprint density at radius 2 is 0.661 bits per heavy atom. The topological polar surface area (TPSA) is 69.6 Å². The standard InChI is InChI=1S/C55H105NO3/c1-3-5-7-9-11-13-15-17-19-21-23-25-27-28-29-31-33-35-37-39-41-43-45-47-49-51-55(59)56-53(52-57)54(58)50-48-46-44-42-40-38-36-34-32-30-26-24-22-20-18-16-14-12-10-8-6-4-2/h28-29,40,42,48,50,53-54,57-58H,3-27,30-39,41,43-47,49,51-52H2,1-2H3,(H,56,59)/b29-28-,42-40+,50-48+. The van der Waals surface area contributed by atoms with Crippen molar-refractivity contribution in [1.29, 1.82) is 0 Å². The number of carbonyl (C=O) groups is 1. The minimum Gasteiger partial charge on any atom is -0.394 e. The van der Waals surface area contributed by atoms with E-state index in [-0.39, 0.29) is 12.5 Å². The Labute approximate surface area is 370 Å². The molecule has 4 nitrogen and oxygen atoms in total. The molecule has 0 radical (unpaired) electrons. The SMILES string of the molecule is CCCCCCCCCCCCCC/C=C\CCCCCCCCCCCC(=O)NC(CO)C(O)/C=C/CC/C=C/CCCCCCCCCCCCCCCCCC. The van der Waals surface area contributed by atoms with Gasteiger partial charge in [0.2, 0.25) is 5.91 Å². The number of nitrogens with one attached hydrogen (secondary N) is 1. The molecule has 4 heteroatoms. The lowest BCUT2D eigenvalue weighted by molar-refractivity contribution is -0.123. The number of allylic oxidation sites excluding steroid dienone is 5. The first-order chi connectivity index (χ1) is 29.2. The van der Waals surface area contributed by atoms with Crippen LogP contribution in [0.15, 0.2) is 36.5 Å². The van der Waals surface area contributed by atoms with Gasteiger partial charge in [-0.3, -0.25) is 4.79 Å². The van der Waals surface area contributed by atoms with E-state index in [1.165, 1.54) is 238 Å². The molecule has 0 aliphatic carbocycles. The van der Waals surface area contributed by atoms with Gasteiger partial charge in [0.25, 0.3) is 0 Å². The van der Waals surface area contributed by atoms with Gasteiger partial charge in [-0.05, 0) is 57.8 Å². The molecule has 0 saturated carbocycles. The van der Waals surface area contributed by atoms with Crippen LogP contribution in [0.3, 0.4) is 0 Å². The molecule has 0 aromatic rings. The molecule has 0 bridgehead atoms. The second kappa shape index (κ2) is 51.0. The van der Waals surface area contributed by atoms with Crippen LogP contribution in [-0.4, -0.2) is 34.9 Å². The molecule has 2 unspecified atom stereocenters. The molecule has 0 aliphatic rings. The molecule has 0 aromatic carbocycles. The van der Waals surface area contributed by atoms with Gasteiger partial charge in [0.15, 0.2) is 0 Å². The third-order valence-electron chi connectivity index (χ3n) is 12.3. The lowest BCUT2D eigenvalue weighted by Crippen LogP contribution is -2.45. The van der Waals surface area contributed by atoms with Crippen LogP contribution in [0.2, 0.25) is 0 Å². The van der Waals surface area contributed by atoms with E-state index in [0.29, 0.717) is 6.42 Å². The Kier molecular flexibility index (Phi) is 49.8. The minimum absolute atomic E-state index is 0.0725. The predicted octanol–water partition coefficient (Wildman–Crippen LogP) is 17.3. The van der Waals surface area contributed by atoms with Gasteiger partial charge in [0.1, 0.15) is 0 Å². The van der Waals surface area contributed by atoms with E-state index in [1.54, 1.807) is 6.08 Å². The van der Waals surface area contributed by atoms with Gasteiger partial charge >= 0.3 is 0 Å². The van der Waals surface area contributed by atoms with Crippen molar-refractivity contribution in [1.82, 2.24) is 5.32 Å². The third-order valence-corrected chi connectivity index (χ3v) is 12.3. The zero-order valence-corrected chi connectivity index (χ0v) is 40.0. The molecule has 348 valence electrons. The van der Waals surface area contributed by atoms with Crippen LogP contribution in [0.5, 0.6) is 0 Å². The molecule has 0 aliphatic heterocycles. The summed E-state index contributed by atoms with van der Waals surface area (Å²) in [6.45, 7) is 4.33. The Morgan fingerprint density at radius 1 is 0.390 bits per heavy atom. The van der Waals surface area contributed by atoms with E-state index < -0.39 is 12.1 Å². The lowest BCUT2D eigenvalue weighted by atomic mass is 10.0. The first-order valence-electron chi connectivity index (χ1n) is 26.7. The van der Waals surface area contributed by atoms with Crippen LogP contribution in [0.1, 0.15) is 290 Å². The van der Waals surface area contributed by atoms with Gasteiger partial charge in [0, 0.05) is 6.42 Å². The highest BCUT2D eigenvalue weighted by molar-refractivity contribution is 5.76. The maximum absolute atomic E-state index is 12.4. The summed E-state index contributed by atoms with van der Waals surface area (Å²) in [6.07, 6.45) is 68.7. The lowest BCUT2D eigenvalue weighted by Gasteiger charge is -2.19. The zero-order valence-electron chi connectivity index (χ0n) is 40.0. The van der Waals surface area contributed by atoms with Crippen molar-refractivity contribution < 1.29 is 15.0 Å². The third kappa shape index (κ3) is 47.5. The highest BCUT2D eigenvalue weighted by Crippen LogP contribution is 2.16. The van der Waals surface area contributed by atoms with E-state index in [4.69, 9.17) is 0 Å². The van der Waals surface area contributed by atoms with E-state index in [2.05, 4.69) is 43.5 Å². The van der Waals surface area contributed by atoms with Gasteiger partial charge in [0.05, 0.1) is 18.8 Å². The van der Waals surface area contributed by atoms with Crippen LogP contribution in [0, 0.1) is 0 Å². The molecule has 3 N–H and O–H groups in total. The molecule has 0 aromatic heterocycles. The summed E-state index contributed by atoms with van der Waals surface area (Å²) in [6, 6.07) is -0.640. The van der Waals surface area contributed by atoms with Gasteiger partial charge in [-0.1, -0.05) is 262 Å². The Balaban J connectivity index is 3.54. The summed E-state index contributed by atoms with van der Waals surface area (Å²) in [5, 5.41) is 23.1. The van der Waals surface area contributed by atoms with E-state index >= 15 is 0 Å². The maximum atomic E-state index is 12.4. The van der Waals surface area contributed by atoms with Crippen LogP contribution < -0.4 is 5.32 Å². The molecular formula is C55H105NO3. The number of hydrogen-bond donors (Lipinski definition) is 3. The molecule has 0 spiro atoms. The minimum atomic E-state index is -0.863. The number of aliphatic hydroxyl groups is 2. The monoisotopic (exact) mass is 828 g/mol. The second-order valence-corrected chi connectivity index (χ2v) is 18.3. The van der Waals surface area contributed by atoms with Crippen molar-refractivity contribution in [2.24, 2.45) is 0 Å². The van der Waals surface area contributed by atoms with Crippen molar-refractivity contribution in [2.75, 3.05) is 6.61 Å². The van der Waals surface area contributed by atoms with Crippen molar-refractivity contribution in [3.05, 3.63) is 36.5 Å². The van der Waals surface area contributed by atoms with E-state index in [0.717, 1.165) is 32.1 Å². The Morgan fingerprint density at radius 3 is 0.983 bits per heavy atom. The van der Waals surface area contributed by atoms with Crippen molar-refractivity contribution in [2.45, 2.75) is 302 Å². The average Bonchev–Trinajstić information content (AvgIpc) is 3.24. The summed E-state index contributed by atoms with van der Waals surface area (Å²) in [7, 11) is 0. The van der Waals surface area contributed by atoms with Crippen LogP contribution in [0.25, 0.3) is 0 Å². The summed E-state index contributed by atoms with van der Waals surface area (Å²) in [4.78, 5) is 12.4. The van der Waals surface area contributed by atoms with Crippen molar-refractivity contribution in [3.63, 3.8) is 0 Å². The fourth-order valence-electron chi connectivity index (χ4n) is 8.25. The summed E-state index contributed by atoms with van der Waals surface area (Å²) in [5.41, 5.74) is 0. The van der Waals surface area contributed by atoms with Crippen LogP contribution in [-0.2, 0) is 4.79 Å². The van der Waals surface area contributed by atoms with Gasteiger partial charge in [-0.25, -0.2) is 0 Å². The van der Waals surface area contributed by atoms with Crippen molar-refractivity contribution in [3.8, 4) is 0 Å². The highest BCUT2D eigenvalue weighted by Gasteiger charge is 2.17. The fourth-order valence-corrected chi connectivity index (χ4v) is 8.25. The van der Waals surface area contributed by atoms with Crippen LogP contribution >= 0.6 is 0 Å². The smallest absolute Gasteiger partial charge is 0.220 e. The number of unbranched alkanes of at least 4 members (excludes halogenated alkanes) is 38. The Hall–Kier alpha value is -1.39. The normalized spacial score (nSPS) is 13.1. The van der Waals surface area contributed by atoms with E-state index in [1.807, 2.05) is 6.08 Å². The summed E-state index contributed by atoms with van der Waals surface area (Å²) < 4.78 is 0. The fraction of sp³-hybridized carbons (Fsp3) is 0.873. The second-order valence-electron chi connectivity index (χ2n) is 18.3. The number of aliphatic hydroxyl groups excluding tert-OH is 2. The molecule has 1 amide bonds. The molecule has 0 heterocycles. The zero-order chi connectivity index (χ0) is 42.8. The highest BCUT2D eigenvalue weighted by atomic mass is 16.3. The molecule has 0 rings (SSSR count). The first-order valence-corrected chi connectivity index (χ1v) is 26.7. The molecule has 0 fully saturated rings. The molecular weight excluding hydrogens is 723 g/mol. The number of carbonyl (C=O) groups excluding carboxylic acids is 1. The van der Waals surface area contributed by atoms with Gasteiger partial charge in [-0.15, -0.1) is 0 Å². The number of rotatable bonds is 49. The van der Waals surface area contributed by atoms with Crippen LogP contribution in [0.4, 0.5) is 0 Å². The quantitative estimate of drug-likeness (QED) is 0.0423. The summed E-state index contributed by atoms with van der Waals surface area (Å²) >= 11 is 0. The van der Waals surface area contributed by atoms with Gasteiger partial charge < -0.3 is 15.5 Å². The van der Waals surface area contributed by atoms with Crippen molar-refractivity contribution >= 4 is 5.91 Å². The maximum Gasteiger partial charge on any atom is 0.220 e.